The van der Waals surface area contributed by atoms with Gasteiger partial charge >= 0.3 is 0 Å². The van der Waals surface area contributed by atoms with Crippen molar-refractivity contribution in [3.05, 3.63) is 64.7 Å². The summed E-state index contributed by atoms with van der Waals surface area (Å²) in [6.45, 7) is 3.44. The number of hydrogen-bond acceptors (Lipinski definition) is 1. The monoisotopic (exact) mass is 322 g/mol. The first-order chi connectivity index (χ1) is 11.8. The van der Waals surface area contributed by atoms with Gasteiger partial charge in [0.2, 0.25) is 0 Å². The van der Waals surface area contributed by atoms with Crippen LogP contribution in [0.15, 0.2) is 42.5 Å². The number of quaternary nitrogens is 1. The lowest BCUT2D eigenvalue weighted by atomic mass is 9.90. The average Bonchev–Trinajstić information content (AvgIpc) is 3.05. The van der Waals surface area contributed by atoms with Gasteiger partial charge in [-0.15, -0.1) is 0 Å². The lowest BCUT2D eigenvalue weighted by Crippen LogP contribution is -3.11. The van der Waals surface area contributed by atoms with Gasteiger partial charge in [-0.25, -0.2) is 0 Å². The van der Waals surface area contributed by atoms with Crippen molar-refractivity contribution in [2.75, 3.05) is 13.1 Å². The van der Waals surface area contributed by atoms with Crippen molar-refractivity contribution in [3.8, 4) is 5.75 Å². The molecule has 1 aliphatic heterocycles. The van der Waals surface area contributed by atoms with Crippen LogP contribution in [0.5, 0.6) is 5.75 Å². The lowest BCUT2D eigenvalue weighted by Gasteiger charge is -2.29. The number of aromatic hydroxyl groups is 1. The number of rotatable bonds is 4. The van der Waals surface area contributed by atoms with Gasteiger partial charge in [-0.05, 0) is 73.3 Å². The van der Waals surface area contributed by atoms with E-state index in [2.05, 4.69) is 36.4 Å². The molecule has 2 aromatic rings. The fraction of sp³-hybridized carbons (Fsp3) is 0.455. The summed E-state index contributed by atoms with van der Waals surface area (Å²) in [5.74, 6) is 1.35. The molecular formula is C22H28NO+. The molecule has 1 aliphatic carbocycles. The van der Waals surface area contributed by atoms with Crippen LogP contribution in [0.4, 0.5) is 0 Å². The van der Waals surface area contributed by atoms with E-state index in [1.54, 1.807) is 4.90 Å². The highest BCUT2D eigenvalue weighted by molar-refractivity contribution is 5.43. The van der Waals surface area contributed by atoms with E-state index in [9.17, 15) is 5.11 Å². The van der Waals surface area contributed by atoms with Gasteiger partial charge in [0.05, 0.1) is 13.1 Å². The SMILES string of the molecule is Oc1cc2c(cc1C[NH+]1CCC(Cc3ccccc3)CC1)CCC2. The summed E-state index contributed by atoms with van der Waals surface area (Å²) in [6.07, 6.45) is 7.40. The van der Waals surface area contributed by atoms with E-state index in [1.807, 2.05) is 6.07 Å². The number of aryl methyl sites for hydroxylation is 2. The number of phenolic OH excluding ortho intramolecular Hbond substituents is 1. The van der Waals surface area contributed by atoms with E-state index in [4.69, 9.17) is 0 Å². The Morgan fingerprint density at radius 3 is 2.42 bits per heavy atom. The summed E-state index contributed by atoms with van der Waals surface area (Å²) >= 11 is 0. The Morgan fingerprint density at radius 2 is 1.67 bits per heavy atom. The Hall–Kier alpha value is -1.80. The minimum atomic E-state index is 0.523. The molecule has 24 heavy (non-hydrogen) atoms. The number of phenols is 1. The minimum absolute atomic E-state index is 0.523. The van der Waals surface area contributed by atoms with Gasteiger partial charge < -0.3 is 10.0 Å². The number of piperidine rings is 1. The molecule has 0 bridgehead atoms. The predicted octanol–water partition coefficient (Wildman–Crippen LogP) is 2.92. The molecule has 4 rings (SSSR count). The molecular weight excluding hydrogens is 294 g/mol. The van der Waals surface area contributed by atoms with E-state index < -0.39 is 0 Å². The third kappa shape index (κ3) is 3.49. The fourth-order valence-corrected chi connectivity index (χ4v) is 4.49. The molecule has 0 saturated carbocycles. The highest BCUT2D eigenvalue weighted by atomic mass is 16.3. The summed E-state index contributed by atoms with van der Waals surface area (Å²) in [7, 11) is 0. The quantitative estimate of drug-likeness (QED) is 0.889. The van der Waals surface area contributed by atoms with Gasteiger partial charge in [-0.1, -0.05) is 30.3 Å². The van der Waals surface area contributed by atoms with E-state index in [0.717, 1.165) is 24.4 Å². The van der Waals surface area contributed by atoms with Crippen molar-refractivity contribution < 1.29 is 10.0 Å². The Kier molecular flexibility index (Phi) is 4.57. The first kappa shape index (κ1) is 15.7. The van der Waals surface area contributed by atoms with Crippen LogP contribution in [0.1, 0.15) is 41.5 Å². The summed E-state index contributed by atoms with van der Waals surface area (Å²) < 4.78 is 0. The molecule has 0 atom stereocenters. The van der Waals surface area contributed by atoms with Gasteiger partial charge in [0.1, 0.15) is 12.3 Å². The van der Waals surface area contributed by atoms with Gasteiger partial charge in [0.25, 0.3) is 0 Å². The molecule has 2 aliphatic rings. The van der Waals surface area contributed by atoms with Crippen LogP contribution in [0, 0.1) is 5.92 Å². The second-order valence-corrected chi connectivity index (χ2v) is 7.66. The van der Waals surface area contributed by atoms with Crippen LogP contribution in [0.3, 0.4) is 0 Å². The van der Waals surface area contributed by atoms with Crippen LogP contribution >= 0.6 is 0 Å². The third-order valence-corrected chi connectivity index (χ3v) is 5.91. The molecule has 2 aromatic carbocycles. The van der Waals surface area contributed by atoms with Crippen LogP contribution in [-0.4, -0.2) is 18.2 Å². The van der Waals surface area contributed by atoms with Crippen molar-refractivity contribution in [2.45, 2.75) is 45.1 Å². The molecule has 126 valence electrons. The average molecular weight is 322 g/mol. The van der Waals surface area contributed by atoms with Crippen LogP contribution in [-0.2, 0) is 25.8 Å². The topological polar surface area (TPSA) is 24.7 Å². The van der Waals surface area contributed by atoms with Gasteiger partial charge in [0.15, 0.2) is 0 Å². The molecule has 1 fully saturated rings. The molecule has 1 heterocycles. The molecule has 0 radical (unpaired) electrons. The van der Waals surface area contributed by atoms with E-state index in [1.165, 1.54) is 61.9 Å². The van der Waals surface area contributed by atoms with Crippen molar-refractivity contribution in [1.29, 1.82) is 0 Å². The normalized spacial score (nSPS) is 23.2. The van der Waals surface area contributed by atoms with Gasteiger partial charge in [-0.2, -0.15) is 0 Å². The Balaban J connectivity index is 1.33. The zero-order chi connectivity index (χ0) is 16.4. The lowest BCUT2D eigenvalue weighted by molar-refractivity contribution is -0.919. The highest BCUT2D eigenvalue weighted by Crippen LogP contribution is 2.29. The number of nitrogens with one attached hydrogen (secondary N) is 1. The third-order valence-electron chi connectivity index (χ3n) is 5.91. The molecule has 2 heteroatoms. The number of likely N-dealkylation sites (tertiary alicyclic amines) is 1. The van der Waals surface area contributed by atoms with Crippen molar-refractivity contribution in [1.82, 2.24) is 0 Å². The number of fused-ring (bicyclic) bond motifs is 1. The second kappa shape index (κ2) is 6.98. The van der Waals surface area contributed by atoms with E-state index in [-0.39, 0.29) is 0 Å². The molecule has 1 saturated heterocycles. The molecule has 2 N–H and O–H groups in total. The predicted molar refractivity (Wildman–Crippen MR) is 97.4 cm³/mol. The van der Waals surface area contributed by atoms with E-state index in [0.29, 0.717) is 5.75 Å². The standard InChI is InChI=1S/C22H27NO/c24-22-15-20-8-4-7-19(20)14-21(22)16-23-11-9-18(10-12-23)13-17-5-2-1-3-6-17/h1-3,5-6,14-15,18,24H,4,7-13,16H2/p+1. The summed E-state index contributed by atoms with van der Waals surface area (Å²) in [5, 5.41) is 10.3. The van der Waals surface area contributed by atoms with Crippen LogP contribution < -0.4 is 4.90 Å². The van der Waals surface area contributed by atoms with Crippen LogP contribution in [0.25, 0.3) is 0 Å². The maximum atomic E-state index is 10.3. The van der Waals surface area contributed by atoms with Crippen molar-refractivity contribution in [2.24, 2.45) is 5.92 Å². The number of benzene rings is 2. The molecule has 0 amide bonds. The van der Waals surface area contributed by atoms with E-state index >= 15 is 0 Å². The summed E-state index contributed by atoms with van der Waals surface area (Å²) in [5.41, 5.74) is 5.48. The smallest absolute Gasteiger partial charge is 0.124 e. The molecule has 0 spiro atoms. The Morgan fingerprint density at radius 1 is 0.958 bits per heavy atom. The highest BCUT2D eigenvalue weighted by Gasteiger charge is 2.24. The Bertz CT molecular complexity index is 687. The van der Waals surface area contributed by atoms with Crippen molar-refractivity contribution >= 4 is 0 Å². The second-order valence-electron chi connectivity index (χ2n) is 7.66. The Labute approximate surface area is 145 Å². The maximum Gasteiger partial charge on any atom is 0.124 e. The first-order valence-corrected chi connectivity index (χ1v) is 9.49. The summed E-state index contributed by atoms with van der Waals surface area (Å²) in [4.78, 5) is 1.63. The molecule has 0 aromatic heterocycles. The van der Waals surface area contributed by atoms with Crippen LogP contribution in [0.2, 0.25) is 0 Å². The molecule has 0 unspecified atom stereocenters. The number of hydrogen-bond donors (Lipinski definition) is 2. The minimum Gasteiger partial charge on any atom is -0.507 e. The van der Waals surface area contributed by atoms with Gasteiger partial charge in [-0.3, -0.25) is 0 Å². The summed E-state index contributed by atoms with van der Waals surface area (Å²) in [6, 6.07) is 15.2. The van der Waals surface area contributed by atoms with Crippen molar-refractivity contribution in [3.63, 3.8) is 0 Å². The zero-order valence-corrected chi connectivity index (χ0v) is 14.4. The maximum absolute atomic E-state index is 10.3. The van der Waals surface area contributed by atoms with Gasteiger partial charge in [0, 0.05) is 5.56 Å². The fourth-order valence-electron chi connectivity index (χ4n) is 4.49. The first-order valence-electron chi connectivity index (χ1n) is 9.49. The largest absolute Gasteiger partial charge is 0.507 e. The zero-order valence-electron chi connectivity index (χ0n) is 14.4. The molecule has 2 nitrogen and oxygen atoms in total.